The van der Waals surface area contributed by atoms with Gasteiger partial charge in [-0.3, -0.25) is 13.9 Å². The van der Waals surface area contributed by atoms with Crippen LogP contribution in [0.5, 0.6) is 5.75 Å². The molecule has 0 saturated heterocycles. The third-order valence-corrected chi connectivity index (χ3v) is 8.64. The van der Waals surface area contributed by atoms with Gasteiger partial charge in [0.2, 0.25) is 11.8 Å². The van der Waals surface area contributed by atoms with Crippen LogP contribution in [0.4, 0.5) is 5.69 Å². The zero-order chi connectivity index (χ0) is 30.3. The number of carbonyl (C=O) groups excluding carboxylic acids is 2. The largest absolute Gasteiger partial charge is 0.495 e. The molecule has 0 heterocycles. The lowest BCUT2D eigenvalue weighted by molar-refractivity contribution is -0.139. The Labute approximate surface area is 252 Å². The average molecular weight is 621 g/mol. The molecule has 3 aromatic carbocycles. The number of aryl methyl sites for hydroxylation is 1. The van der Waals surface area contributed by atoms with Gasteiger partial charge in [0, 0.05) is 23.1 Å². The van der Waals surface area contributed by atoms with Gasteiger partial charge in [-0.25, -0.2) is 8.42 Å². The number of benzene rings is 3. The van der Waals surface area contributed by atoms with E-state index >= 15 is 0 Å². The zero-order valence-corrected chi connectivity index (χ0v) is 26.1. The van der Waals surface area contributed by atoms with Crippen molar-refractivity contribution in [1.29, 1.82) is 0 Å². The molecule has 3 rings (SSSR count). The van der Waals surface area contributed by atoms with Crippen LogP contribution in [-0.4, -0.2) is 51.4 Å². The first-order chi connectivity index (χ1) is 19.3. The summed E-state index contributed by atoms with van der Waals surface area (Å²) in [6.07, 6.45) is 0. The summed E-state index contributed by atoms with van der Waals surface area (Å²) in [5, 5.41) is 3.59. The molecule has 0 spiro atoms. The number of nitrogens with one attached hydrogen (secondary N) is 1. The number of ether oxygens (including phenoxy) is 1. The molecule has 220 valence electrons. The average Bonchev–Trinajstić information content (AvgIpc) is 2.93. The maximum absolute atomic E-state index is 14.0. The fraction of sp³-hybridized carbons (Fsp3) is 0.333. The number of anilines is 1. The second-order valence-electron chi connectivity index (χ2n) is 10.1. The van der Waals surface area contributed by atoms with Crippen molar-refractivity contribution < 1.29 is 22.7 Å². The Balaban J connectivity index is 2.08. The maximum Gasteiger partial charge on any atom is 0.264 e. The first-order valence-corrected chi connectivity index (χ1v) is 15.3. The van der Waals surface area contributed by atoms with Crippen molar-refractivity contribution in [3.63, 3.8) is 0 Å². The minimum absolute atomic E-state index is 0.0120. The number of amides is 2. The van der Waals surface area contributed by atoms with Crippen molar-refractivity contribution in [1.82, 2.24) is 10.2 Å². The smallest absolute Gasteiger partial charge is 0.264 e. The lowest BCUT2D eigenvalue weighted by Gasteiger charge is -2.32. The Bertz CT molecular complexity index is 1480. The minimum Gasteiger partial charge on any atom is -0.495 e. The van der Waals surface area contributed by atoms with Crippen LogP contribution in [0.15, 0.2) is 71.6 Å². The fourth-order valence-electron chi connectivity index (χ4n) is 4.08. The molecular weight excluding hydrogens is 585 g/mol. The van der Waals surface area contributed by atoms with Gasteiger partial charge in [0.15, 0.2) is 0 Å². The molecule has 0 aromatic heterocycles. The summed E-state index contributed by atoms with van der Waals surface area (Å²) < 4.78 is 34.5. The van der Waals surface area contributed by atoms with Crippen LogP contribution >= 0.6 is 23.2 Å². The molecule has 1 N–H and O–H groups in total. The monoisotopic (exact) mass is 619 g/mol. The molecule has 0 aliphatic rings. The Morgan fingerprint density at radius 2 is 1.61 bits per heavy atom. The number of rotatable bonds is 12. The topological polar surface area (TPSA) is 96.0 Å². The van der Waals surface area contributed by atoms with Crippen LogP contribution in [0.1, 0.15) is 31.9 Å². The van der Waals surface area contributed by atoms with Gasteiger partial charge in [-0.2, -0.15) is 0 Å². The van der Waals surface area contributed by atoms with E-state index in [1.807, 2.05) is 20.8 Å². The lowest BCUT2D eigenvalue weighted by atomic mass is 10.1. The van der Waals surface area contributed by atoms with Gasteiger partial charge >= 0.3 is 0 Å². The number of methoxy groups -OCH3 is 1. The summed E-state index contributed by atoms with van der Waals surface area (Å²) in [4.78, 5) is 28.5. The van der Waals surface area contributed by atoms with Crippen LogP contribution in [-0.2, 0) is 26.2 Å². The Kier molecular flexibility index (Phi) is 11.1. The second kappa shape index (κ2) is 14.1. The highest BCUT2D eigenvalue weighted by atomic mass is 35.5. The summed E-state index contributed by atoms with van der Waals surface area (Å²) in [6, 6.07) is 16.9. The molecule has 1 atom stereocenters. The molecule has 0 bridgehead atoms. The number of carbonyl (C=O) groups is 2. The van der Waals surface area contributed by atoms with Crippen molar-refractivity contribution in [2.45, 2.75) is 45.2 Å². The van der Waals surface area contributed by atoms with Gasteiger partial charge in [0.25, 0.3) is 10.0 Å². The third-order valence-electron chi connectivity index (χ3n) is 6.39. The van der Waals surface area contributed by atoms with E-state index in [0.29, 0.717) is 17.1 Å². The highest BCUT2D eigenvalue weighted by Gasteiger charge is 2.34. The molecule has 1 unspecified atom stereocenters. The number of nitrogens with zero attached hydrogens (tertiary/aromatic N) is 2. The van der Waals surface area contributed by atoms with Crippen molar-refractivity contribution >= 4 is 50.7 Å². The van der Waals surface area contributed by atoms with Crippen LogP contribution in [0.3, 0.4) is 0 Å². The molecule has 0 radical (unpaired) electrons. The molecule has 8 nitrogen and oxygen atoms in total. The fourth-order valence-corrected chi connectivity index (χ4v) is 5.87. The van der Waals surface area contributed by atoms with E-state index in [0.717, 1.165) is 9.87 Å². The quantitative estimate of drug-likeness (QED) is 0.281. The summed E-state index contributed by atoms with van der Waals surface area (Å²) in [5.74, 6) is -0.548. The highest BCUT2D eigenvalue weighted by molar-refractivity contribution is 7.92. The number of halogens is 2. The van der Waals surface area contributed by atoms with Gasteiger partial charge in [0.1, 0.15) is 18.3 Å². The molecule has 0 aliphatic carbocycles. The Morgan fingerprint density at radius 3 is 2.22 bits per heavy atom. The van der Waals surface area contributed by atoms with Gasteiger partial charge in [0.05, 0.1) is 17.7 Å². The SMILES string of the molecule is COc1ccc(Cl)cc1N(CC(=O)N(Cc1cccc(Cl)c1)C(C)C(=O)NCC(C)C)S(=O)(=O)c1ccc(C)cc1. The minimum atomic E-state index is -4.27. The second-order valence-corrected chi connectivity index (χ2v) is 12.8. The Hall–Kier alpha value is -3.27. The molecule has 0 saturated carbocycles. The van der Waals surface area contributed by atoms with Gasteiger partial charge < -0.3 is 15.0 Å². The summed E-state index contributed by atoms with van der Waals surface area (Å²) >= 11 is 12.5. The van der Waals surface area contributed by atoms with Crippen molar-refractivity contribution in [3.05, 3.63) is 87.9 Å². The predicted octanol–water partition coefficient (Wildman–Crippen LogP) is 5.70. The van der Waals surface area contributed by atoms with E-state index in [2.05, 4.69) is 5.32 Å². The predicted molar refractivity (Wildman–Crippen MR) is 163 cm³/mol. The van der Waals surface area contributed by atoms with Gasteiger partial charge in [-0.05, 0) is 67.8 Å². The summed E-state index contributed by atoms with van der Waals surface area (Å²) in [7, 11) is -2.87. The van der Waals surface area contributed by atoms with E-state index in [9.17, 15) is 18.0 Å². The number of sulfonamides is 1. The van der Waals surface area contributed by atoms with E-state index in [4.69, 9.17) is 27.9 Å². The number of hydrogen-bond acceptors (Lipinski definition) is 5. The van der Waals surface area contributed by atoms with E-state index < -0.39 is 28.5 Å². The summed E-state index contributed by atoms with van der Waals surface area (Å²) in [6.45, 7) is 7.22. The van der Waals surface area contributed by atoms with Crippen molar-refractivity contribution in [3.8, 4) is 5.75 Å². The molecule has 0 aliphatic heterocycles. The third kappa shape index (κ3) is 8.38. The molecule has 11 heteroatoms. The van der Waals surface area contributed by atoms with Gasteiger partial charge in [-0.15, -0.1) is 0 Å². The normalized spacial score (nSPS) is 12.1. The maximum atomic E-state index is 14.0. The molecule has 0 fully saturated rings. The summed E-state index contributed by atoms with van der Waals surface area (Å²) in [5.41, 5.74) is 1.65. The van der Waals surface area contributed by atoms with Crippen LogP contribution in [0.25, 0.3) is 0 Å². The zero-order valence-electron chi connectivity index (χ0n) is 23.7. The van der Waals surface area contributed by atoms with Crippen LogP contribution < -0.4 is 14.4 Å². The number of hydrogen-bond donors (Lipinski definition) is 1. The van der Waals surface area contributed by atoms with E-state index in [1.165, 1.54) is 36.3 Å². The first-order valence-electron chi connectivity index (χ1n) is 13.1. The van der Waals surface area contributed by atoms with E-state index in [1.54, 1.807) is 49.4 Å². The lowest BCUT2D eigenvalue weighted by Crippen LogP contribution is -2.51. The highest BCUT2D eigenvalue weighted by Crippen LogP contribution is 2.35. The molecule has 3 aromatic rings. The Morgan fingerprint density at radius 1 is 0.951 bits per heavy atom. The molecule has 41 heavy (non-hydrogen) atoms. The van der Waals surface area contributed by atoms with Crippen LogP contribution in [0, 0.1) is 12.8 Å². The van der Waals surface area contributed by atoms with Gasteiger partial charge in [-0.1, -0.05) is 66.9 Å². The molecule has 2 amide bonds. The van der Waals surface area contributed by atoms with E-state index in [-0.39, 0.29) is 39.7 Å². The van der Waals surface area contributed by atoms with Crippen molar-refractivity contribution in [2.24, 2.45) is 5.92 Å². The van der Waals surface area contributed by atoms with Crippen molar-refractivity contribution in [2.75, 3.05) is 24.5 Å². The first kappa shape index (κ1) is 32.2. The standard InChI is InChI=1S/C30H35Cl2N3O5S/c1-20(2)17-33-30(37)22(4)34(18-23-7-6-8-24(31)15-23)29(36)19-35(27-16-25(32)11-14-28(27)40-5)41(38,39)26-12-9-21(3)10-13-26/h6-16,20,22H,17-19H2,1-5H3,(H,33,37). The molecular formula is C30H35Cl2N3O5S. The van der Waals surface area contributed by atoms with Crippen LogP contribution in [0.2, 0.25) is 10.0 Å².